The third-order valence-corrected chi connectivity index (χ3v) is 4.83. The molecule has 0 spiro atoms. The monoisotopic (exact) mass is 377 g/mol. The Morgan fingerprint density at radius 1 is 1.37 bits per heavy atom. The summed E-state index contributed by atoms with van der Waals surface area (Å²) in [6.07, 6.45) is 5.53. The standard InChI is InChI=1S/C19H27N3O5/c1-3-4-7-15(17(23)21-14-8-5-6-13(14)19(25)26)22-18(24)16-11-12(27-2)9-10-20-16/h9-11,13-15H,3-8H2,1-2H3,(H,21,23)(H,22,24)(H,25,26)/t13-,14+,15+/m1/s1. The number of carboxylic acid groups (broad SMARTS) is 1. The van der Waals surface area contributed by atoms with Gasteiger partial charge in [-0.25, -0.2) is 0 Å². The van der Waals surface area contributed by atoms with Crippen molar-refractivity contribution in [3.8, 4) is 5.75 Å². The molecule has 0 bridgehead atoms. The fourth-order valence-electron chi connectivity index (χ4n) is 3.28. The van der Waals surface area contributed by atoms with E-state index in [1.54, 1.807) is 6.07 Å². The quantitative estimate of drug-likeness (QED) is 0.603. The van der Waals surface area contributed by atoms with Gasteiger partial charge < -0.3 is 20.5 Å². The number of carboxylic acids is 1. The molecule has 1 aliphatic carbocycles. The van der Waals surface area contributed by atoms with E-state index in [1.165, 1.54) is 19.4 Å². The summed E-state index contributed by atoms with van der Waals surface area (Å²) >= 11 is 0. The first-order chi connectivity index (χ1) is 13.0. The Hall–Kier alpha value is -2.64. The summed E-state index contributed by atoms with van der Waals surface area (Å²) < 4.78 is 5.09. The van der Waals surface area contributed by atoms with Crippen molar-refractivity contribution in [2.45, 2.75) is 57.5 Å². The largest absolute Gasteiger partial charge is 0.497 e. The van der Waals surface area contributed by atoms with Gasteiger partial charge in [0.15, 0.2) is 0 Å². The Morgan fingerprint density at radius 2 is 2.15 bits per heavy atom. The Labute approximate surface area is 158 Å². The Balaban J connectivity index is 2.05. The van der Waals surface area contributed by atoms with Crippen LogP contribution in [0.1, 0.15) is 55.9 Å². The van der Waals surface area contributed by atoms with Crippen LogP contribution in [0.15, 0.2) is 18.3 Å². The Kier molecular flexibility index (Phi) is 7.57. The predicted molar refractivity (Wildman–Crippen MR) is 98.5 cm³/mol. The van der Waals surface area contributed by atoms with Crippen LogP contribution in [0.5, 0.6) is 5.75 Å². The van der Waals surface area contributed by atoms with Gasteiger partial charge in [0.05, 0.1) is 13.0 Å². The lowest BCUT2D eigenvalue weighted by Crippen LogP contribution is -2.51. The number of amides is 2. The van der Waals surface area contributed by atoms with Crippen LogP contribution in [0.3, 0.4) is 0 Å². The van der Waals surface area contributed by atoms with E-state index in [-0.39, 0.29) is 11.6 Å². The lowest BCUT2D eigenvalue weighted by Gasteiger charge is -2.23. The summed E-state index contributed by atoms with van der Waals surface area (Å²) in [5.41, 5.74) is 0.160. The highest BCUT2D eigenvalue weighted by atomic mass is 16.5. The van der Waals surface area contributed by atoms with Gasteiger partial charge in [-0.05, 0) is 25.3 Å². The van der Waals surface area contributed by atoms with Crippen LogP contribution in [0.25, 0.3) is 0 Å². The molecule has 2 amide bonds. The highest BCUT2D eigenvalue weighted by Gasteiger charge is 2.35. The van der Waals surface area contributed by atoms with Gasteiger partial charge >= 0.3 is 5.97 Å². The van der Waals surface area contributed by atoms with Crippen molar-refractivity contribution in [3.63, 3.8) is 0 Å². The molecule has 8 heteroatoms. The number of nitrogens with zero attached hydrogens (tertiary/aromatic N) is 1. The highest BCUT2D eigenvalue weighted by molar-refractivity contribution is 5.96. The molecular formula is C19H27N3O5. The van der Waals surface area contributed by atoms with Crippen LogP contribution < -0.4 is 15.4 Å². The maximum atomic E-state index is 12.7. The molecule has 0 aromatic carbocycles. The number of aliphatic carboxylic acids is 1. The summed E-state index contributed by atoms with van der Waals surface area (Å²) in [5, 5.41) is 14.8. The van der Waals surface area contributed by atoms with Gasteiger partial charge in [0.1, 0.15) is 17.5 Å². The number of carbonyl (C=O) groups excluding carboxylic acids is 2. The third-order valence-electron chi connectivity index (χ3n) is 4.83. The van der Waals surface area contributed by atoms with Crippen LogP contribution in [-0.2, 0) is 9.59 Å². The van der Waals surface area contributed by atoms with E-state index in [1.807, 2.05) is 6.92 Å². The average molecular weight is 377 g/mol. The van der Waals surface area contributed by atoms with Gasteiger partial charge in [0.25, 0.3) is 5.91 Å². The van der Waals surface area contributed by atoms with Gasteiger partial charge in [0, 0.05) is 18.3 Å². The maximum absolute atomic E-state index is 12.7. The lowest BCUT2D eigenvalue weighted by atomic mass is 10.0. The number of methoxy groups -OCH3 is 1. The zero-order valence-electron chi connectivity index (χ0n) is 15.7. The number of carbonyl (C=O) groups is 3. The average Bonchev–Trinajstić information content (AvgIpc) is 3.13. The molecule has 1 fully saturated rings. The Morgan fingerprint density at radius 3 is 2.81 bits per heavy atom. The van der Waals surface area contributed by atoms with Crippen molar-refractivity contribution in [1.29, 1.82) is 0 Å². The molecular weight excluding hydrogens is 350 g/mol. The number of rotatable bonds is 9. The number of unbranched alkanes of at least 4 members (excludes halogenated alkanes) is 1. The molecule has 0 aliphatic heterocycles. The predicted octanol–water partition coefficient (Wildman–Crippen LogP) is 1.75. The van der Waals surface area contributed by atoms with Gasteiger partial charge in [-0.2, -0.15) is 0 Å². The summed E-state index contributed by atoms with van der Waals surface area (Å²) in [6, 6.07) is 2.00. The second-order valence-electron chi connectivity index (χ2n) is 6.74. The first-order valence-corrected chi connectivity index (χ1v) is 9.30. The number of hydrogen-bond donors (Lipinski definition) is 3. The highest BCUT2D eigenvalue weighted by Crippen LogP contribution is 2.26. The Bertz CT molecular complexity index is 679. The maximum Gasteiger partial charge on any atom is 0.308 e. The molecule has 1 aromatic rings. The van der Waals surface area contributed by atoms with Gasteiger partial charge in [0.2, 0.25) is 5.91 Å². The first kappa shape index (κ1) is 20.7. The minimum absolute atomic E-state index is 0.160. The third kappa shape index (κ3) is 5.67. The summed E-state index contributed by atoms with van der Waals surface area (Å²) in [5.74, 6) is -1.78. The zero-order valence-corrected chi connectivity index (χ0v) is 15.7. The summed E-state index contributed by atoms with van der Waals surface area (Å²) in [7, 11) is 1.50. The lowest BCUT2D eigenvalue weighted by molar-refractivity contribution is -0.142. The van der Waals surface area contributed by atoms with Crippen molar-refractivity contribution < 1.29 is 24.2 Å². The molecule has 1 saturated carbocycles. The van der Waals surface area contributed by atoms with Gasteiger partial charge in [-0.1, -0.05) is 26.2 Å². The van der Waals surface area contributed by atoms with E-state index in [4.69, 9.17) is 4.74 Å². The fraction of sp³-hybridized carbons (Fsp3) is 0.579. The molecule has 1 aliphatic rings. The minimum Gasteiger partial charge on any atom is -0.497 e. The summed E-state index contributed by atoms with van der Waals surface area (Å²) in [6.45, 7) is 2.00. The minimum atomic E-state index is -0.896. The van der Waals surface area contributed by atoms with Crippen molar-refractivity contribution in [1.82, 2.24) is 15.6 Å². The molecule has 27 heavy (non-hydrogen) atoms. The SMILES string of the molecule is CCCC[C@H](NC(=O)c1cc(OC)ccn1)C(=O)N[C@H]1CCC[C@H]1C(=O)O. The molecule has 0 radical (unpaired) electrons. The molecule has 3 atom stereocenters. The normalized spacial score (nSPS) is 19.9. The van der Waals surface area contributed by atoms with Gasteiger partial charge in [-0.3, -0.25) is 19.4 Å². The molecule has 148 valence electrons. The van der Waals surface area contributed by atoms with E-state index in [2.05, 4.69) is 15.6 Å². The number of hydrogen-bond acceptors (Lipinski definition) is 5. The van der Waals surface area contributed by atoms with Crippen molar-refractivity contribution in [3.05, 3.63) is 24.0 Å². The second-order valence-corrected chi connectivity index (χ2v) is 6.74. The van der Waals surface area contributed by atoms with Crippen molar-refractivity contribution >= 4 is 17.8 Å². The van der Waals surface area contributed by atoms with E-state index in [9.17, 15) is 19.5 Å². The van der Waals surface area contributed by atoms with E-state index in [0.717, 1.165) is 19.3 Å². The van der Waals surface area contributed by atoms with E-state index < -0.39 is 29.9 Å². The number of ether oxygens (including phenoxy) is 1. The van der Waals surface area contributed by atoms with Crippen molar-refractivity contribution in [2.75, 3.05) is 7.11 Å². The number of nitrogens with one attached hydrogen (secondary N) is 2. The first-order valence-electron chi connectivity index (χ1n) is 9.30. The zero-order chi connectivity index (χ0) is 19.8. The fourth-order valence-corrected chi connectivity index (χ4v) is 3.28. The van der Waals surface area contributed by atoms with Gasteiger partial charge in [-0.15, -0.1) is 0 Å². The molecule has 0 saturated heterocycles. The van der Waals surface area contributed by atoms with E-state index >= 15 is 0 Å². The van der Waals surface area contributed by atoms with Crippen molar-refractivity contribution in [2.24, 2.45) is 5.92 Å². The van der Waals surface area contributed by atoms with Crippen LogP contribution in [0, 0.1) is 5.92 Å². The summed E-state index contributed by atoms with van der Waals surface area (Å²) in [4.78, 5) is 40.5. The molecule has 1 heterocycles. The molecule has 2 rings (SSSR count). The molecule has 1 aromatic heterocycles. The second kappa shape index (κ2) is 9.89. The smallest absolute Gasteiger partial charge is 0.308 e. The topological polar surface area (TPSA) is 118 Å². The van der Waals surface area contributed by atoms with Crippen LogP contribution in [0.2, 0.25) is 0 Å². The van der Waals surface area contributed by atoms with Crippen LogP contribution in [-0.4, -0.2) is 47.1 Å². The number of aromatic nitrogens is 1. The molecule has 3 N–H and O–H groups in total. The number of pyridine rings is 1. The van der Waals surface area contributed by atoms with Crippen LogP contribution >= 0.6 is 0 Å². The molecule has 0 unspecified atom stereocenters. The van der Waals surface area contributed by atoms with E-state index in [0.29, 0.717) is 25.0 Å². The molecule has 8 nitrogen and oxygen atoms in total. The van der Waals surface area contributed by atoms with Crippen LogP contribution in [0.4, 0.5) is 0 Å².